The molecule has 0 unspecified atom stereocenters. The summed E-state index contributed by atoms with van der Waals surface area (Å²) >= 11 is 0. The topological polar surface area (TPSA) is 67.1 Å². The highest BCUT2D eigenvalue weighted by molar-refractivity contribution is 5.89. The van der Waals surface area contributed by atoms with Crippen molar-refractivity contribution in [1.82, 2.24) is 14.3 Å². The predicted molar refractivity (Wildman–Crippen MR) is 70.8 cm³/mol. The quantitative estimate of drug-likeness (QED) is 0.797. The van der Waals surface area contributed by atoms with Crippen molar-refractivity contribution >= 4 is 11.6 Å². The Bertz CT molecular complexity index is 578. The Kier molecular flexibility index (Phi) is 4.01. The molecular weight excluding hydrogens is 246 g/mol. The molecule has 0 fully saturated rings. The number of carbonyl (C=O) groups is 1. The molecule has 0 atom stereocenters. The number of aromatic carboxylic acids is 1. The third-order valence-electron chi connectivity index (χ3n) is 2.69. The minimum Gasteiger partial charge on any atom is -0.476 e. The number of nitrogens with zero attached hydrogens (tertiary/aromatic N) is 3. The van der Waals surface area contributed by atoms with Crippen molar-refractivity contribution < 1.29 is 14.6 Å². The number of hydrogen-bond donors (Lipinski definition) is 1. The number of hydrogen-bond acceptors (Lipinski definition) is 4. The highest BCUT2D eigenvalue weighted by atomic mass is 16.5. The number of carboxylic acid groups (broad SMARTS) is 1. The Hall–Kier alpha value is -2.08. The van der Waals surface area contributed by atoms with Crippen molar-refractivity contribution in [3.8, 4) is 5.88 Å². The van der Waals surface area contributed by atoms with Crippen molar-refractivity contribution in [2.45, 2.75) is 6.42 Å². The molecule has 1 N–H and O–H groups in total. The van der Waals surface area contributed by atoms with Gasteiger partial charge in [-0.2, -0.15) is 4.98 Å². The molecule has 0 radical (unpaired) electrons. The molecule has 2 aromatic heterocycles. The Balaban J connectivity index is 2.17. The average Bonchev–Trinajstić information content (AvgIpc) is 2.72. The number of ether oxygens (including phenoxy) is 1. The molecule has 2 rings (SSSR count). The van der Waals surface area contributed by atoms with Crippen LogP contribution >= 0.6 is 0 Å². The second-order valence-corrected chi connectivity index (χ2v) is 4.50. The SMILES string of the molecule is CN(C)CCCOc1nc2ccccn2c1C(=O)O. The zero-order chi connectivity index (χ0) is 13.8. The van der Waals surface area contributed by atoms with Gasteiger partial charge in [-0.15, -0.1) is 0 Å². The Morgan fingerprint density at radius 1 is 1.47 bits per heavy atom. The van der Waals surface area contributed by atoms with Crippen molar-refractivity contribution in [3.63, 3.8) is 0 Å². The largest absolute Gasteiger partial charge is 0.476 e. The third-order valence-corrected chi connectivity index (χ3v) is 2.69. The first-order valence-corrected chi connectivity index (χ1v) is 6.07. The molecule has 6 nitrogen and oxygen atoms in total. The number of fused-ring (bicyclic) bond motifs is 1. The molecule has 102 valence electrons. The minimum absolute atomic E-state index is 0.0699. The number of imidazole rings is 1. The highest BCUT2D eigenvalue weighted by Crippen LogP contribution is 2.20. The van der Waals surface area contributed by atoms with E-state index in [1.54, 1.807) is 18.3 Å². The molecule has 0 bridgehead atoms. The van der Waals surface area contributed by atoms with E-state index in [2.05, 4.69) is 4.98 Å². The van der Waals surface area contributed by atoms with Gasteiger partial charge in [0.2, 0.25) is 5.88 Å². The summed E-state index contributed by atoms with van der Waals surface area (Å²) in [6, 6.07) is 5.32. The van der Waals surface area contributed by atoms with Crippen LogP contribution < -0.4 is 4.74 Å². The van der Waals surface area contributed by atoms with Gasteiger partial charge in [0.15, 0.2) is 5.69 Å². The normalized spacial score (nSPS) is 11.1. The van der Waals surface area contributed by atoms with Crippen molar-refractivity contribution in [2.75, 3.05) is 27.2 Å². The smallest absolute Gasteiger partial charge is 0.358 e. The minimum atomic E-state index is -1.04. The summed E-state index contributed by atoms with van der Waals surface area (Å²) in [7, 11) is 3.96. The maximum Gasteiger partial charge on any atom is 0.358 e. The Morgan fingerprint density at radius 2 is 2.26 bits per heavy atom. The van der Waals surface area contributed by atoms with Crippen LogP contribution in [0.1, 0.15) is 16.9 Å². The predicted octanol–water partition coefficient (Wildman–Crippen LogP) is 1.36. The molecule has 6 heteroatoms. The summed E-state index contributed by atoms with van der Waals surface area (Å²) in [4.78, 5) is 17.5. The van der Waals surface area contributed by atoms with Gasteiger partial charge < -0.3 is 14.7 Å². The van der Waals surface area contributed by atoms with Gasteiger partial charge in [-0.05, 0) is 32.6 Å². The zero-order valence-electron chi connectivity index (χ0n) is 11.0. The summed E-state index contributed by atoms with van der Waals surface area (Å²) in [5.41, 5.74) is 0.642. The van der Waals surface area contributed by atoms with Gasteiger partial charge in [0.05, 0.1) is 6.61 Å². The second kappa shape index (κ2) is 5.71. The Labute approximate surface area is 111 Å². The van der Waals surface area contributed by atoms with Crippen molar-refractivity contribution in [1.29, 1.82) is 0 Å². The van der Waals surface area contributed by atoms with Gasteiger partial charge in [0.1, 0.15) is 5.65 Å². The maximum absolute atomic E-state index is 11.3. The summed E-state index contributed by atoms with van der Waals surface area (Å²) in [5, 5.41) is 9.25. The van der Waals surface area contributed by atoms with Gasteiger partial charge >= 0.3 is 5.97 Å². The van der Waals surface area contributed by atoms with E-state index in [0.717, 1.165) is 13.0 Å². The fourth-order valence-corrected chi connectivity index (χ4v) is 1.82. The number of carboxylic acids is 1. The highest BCUT2D eigenvalue weighted by Gasteiger charge is 2.19. The summed E-state index contributed by atoms with van der Waals surface area (Å²) < 4.78 is 7.01. The summed E-state index contributed by atoms with van der Waals surface area (Å²) in [6.45, 7) is 1.33. The van der Waals surface area contributed by atoms with Crippen molar-refractivity contribution in [2.24, 2.45) is 0 Å². The van der Waals surface area contributed by atoms with Crippen LogP contribution in [-0.2, 0) is 0 Å². The van der Waals surface area contributed by atoms with Crippen LogP contribution in [0.4, 0.5) is 0 Å². The summed E-state index contributed by atoms with van der Waals surface area (Å²) in [6.07, 6.45) is 2.48. The molecule has 0 amide bonds. The van der Waals surface area contributed by atoms with Crippen LogP contribution in [0.3, 0.4) is 0 Å². The molecule has 0 aromatic carbocycles. The molecule has 0 saturated carbocycles. The van der Waals surface area contributed by atoms with Crippen molar-refractivity contribution in [3.05, 3.63) is 30.1 Å². The van der Waals surface area contributed by atoms with E-state index in [9.17, 15) is 9.90 Å². The fourth-order valence-electron chi connectivity index (χ4n) is 1.82. The van der Waals surface area contributed by atoms with Crippen LogP contribution in [0.2, 0.25) is 0 Å². The molecule has 2 aromatic rings. The first-order chi connectivity index (χ1) is 9.09. The van der Waals surface area contributed by atoms with Gasteiger partial charge in [-0.25, -0.2) is 4.79 Å². The zero-order valence-corrected chi connectivity index (χ0v) is 11.0. The van der Waals surface area contributed by atoms with Gasteiger partial charge in [-0.1, -0.05) is 6.07 Å². The lowest BCUT2D eigenvalue weighted by molar-refractivity contribution is 0.0684. The molecule has 19 heavy (non-hydrogen) atoms. The van der Waals surface area contributed by atoms with Gasteiger partial charge in [-0.3, -0.25) is 4.40 Å². The van der Waals surface area contributed by atoms with Crippen LogP contribution in [0, 0.1) is 0 Å². The number of aromatic nitrogens is 2. The van der Waals surface area contributed by atoms with Gasteiger partial charge in [0, 0.05) is 12.7 Å². The van der Waals surface area contributed by atoms with E-state index in [-0.39, 0.29) is 11.6 Å². The molecule has 0 aliphatic rings. The van der Waals surface area contributed by atoms with Crippen LogP contribution in [-0.4, -0.2) is 52.6 Å². The van der Waals surface area contributed by atoms with E-state index in [4.69, 9.17) is 4.74 Å². The van der Waals surface area contributed by atoms with E-state index in [0.29, 0.717) is 12.3 Å². The van der Waals surface area contributed by atoms with Gasteiger partial charge in [0.25, 0.3) is 0 Å². The molecule has 0 spiro atoms. The number of rotatable bonds is 6. The fraction of sp³-hybridized carbons (Fsp3) is 0.385. The lowest BCUT2D eigenvalue weighted by Gasteiger charge is -2.09. The van der Waals surface area contributed by atoms with Crippen LogP contribution in [0.15, 0.2) is 24.4 Å². The second-order valence-electron chi connectivity index (χ2n) is 4.50. The Morgan fingerprint density at radius 3 is 2.95 bits per heavy atom. The molecule has 0 saturated heterocycles. The molecule has 0 aliphatic carbocycles. The lowest BCUT2D eigenvalue weighted by atomic mass is 10.4. The van der Waals surface area contributed by atoms with Crippen LogP contribution in [0.25, 0.3) is 5.65 Å². The van der Waals surface area contributed by atoms with E-state index < -0.39 is 5.97 Å². The van der Waals surface area contributed by atoms with E-state index in [1.165, 1.54) is 4.40 Å². The number of pyridine rings is 1. The van der Waals surface area contributed by atoms with Crippen LogP contribution in [0.5, 0.6) is 5.88 Å². The first-order valence-electron chi connectivity index (χ1n) is 6.07. The lowest BCUT2D eigenvalue weighted by Crippen LogP contribution is -2.16. The summed E-state index contributed by atoms with van der Waals surface area (Å²) in [5.74, 6) is -0.862. The first kappa shape index (κ1) is 13.4. The molecule has 2 heterocycles. The standard InChI is InChI=1S/C13H17N3O3/c1-15(2)7-5-9-19-12-11(13(17)18)16-8-4-3-6-10(16)14-12/h3-4,6,8H,5,7,9H2,1-2H3,(H,17,18). The maximum atomic E-state index is 11.3. The molecular formula is C13H17N3O3. The monoisotopic (exact) mass is 263 g/mol. The average molecular weight is 263 g/mol. The molecule has 0 aliphatic heterocycles. The van der Waals surface area contributed by atoms with E-state index in [1.807, 2.05) is 25.1 Å². The van der Waals surface area contributed by atoms with E-state index >= 15 is 0 Å². The third kappa shape index (κ3) is 3.03.